The summed E-state index contributed by atoms with van der Waals surface area (Å²) in [5, 5.41) is 15.2. The second-order valence-electron chi connectivity index (χ2n) is 10.7. The van der Waals surface area contributed by atoms with Crippen LogP contribution in [-0.2, 0) is 14.3 Å². The Morgan fingerprint density at radius 2 is 1.60 bits per heavy atom. The second-order valence-corrected chi connectivity index (χ2v) is 10.7. The van der Waals surface area contributed by atoms with Gasteiger partial charge in [-0.05, 0) is 66.2 Å². The fourth-order valence-electron chi connectivity index (χ4n) is 6.44. The summed E-state index contributed by atoms with van der Waals surface area (Å²) >= 11 is 0. The first-order chi connectivity index (χ1) is 16.9. The smallest absolute Gasteiger partial charge is 0.407 e. The lowest BCUT2D eigenvalue weighted by atomic mass is 9.71. The van der Waals surface area contributed by atoms with Crippen molar-refractivity contribution in [2.24, 2.45) is 23.2 Å². The molecule has 0 aromatic heterocycles. The van der Waals surface area contributed by atoms with Crippen molar-refractivity contribution in [2.45, 2.75) is 44.1 Å². The van der Waals surface area contributed by atoms with Crippen molar-refractivity contribution in [3.05, 3.63) is 59.7 Å². The molecule has 7 nitrogen and oxygen atoms in total. The van der Waals surface area contributed by atoms with Gasteiger partial charge in [-0.3, -0.25) is 9.59 Å². The summed E-state index contributed by atoms with van der Waals surface area (Å²) in [5.41, 5.74) is 4.12. The van der Waals surface area contributed by atoms with Gasteiger partial charge in [0.2, 0.25) is 5.91 Å². The second kappa shape index (κ2) is 8.40. The van der Waals surface area contributed by atoms with Gasteiger partial charge in [-0.2, -0.15) is 0 Å². The third-order valence-corrected chi connectivity index (χ3v) is 8.74. The standard InChI is InChI=1S/C28H30N2O5/c31-25(32)17-11-16-13-24(22(16)12-17)30-26(33)28(9-10-28)15-29-27(34)35-14-23-20-7-3-1-5-18(20)19-6-2-4-8-21(19)23/h1-8,16-17,22-24H,9-15H2,(H,29,34)(H,30,33)(H,31,32)/t16-,17?,22-,24+/m1/s1. The zero-order chi connectivity index (χ0) is 24.2. The number of carbonyl (C=O) groups is 3. The Bertz CT molecular complexity index is 1140. The average Bonchev–Trinajstić information content (AvgIpc) is 3.48. The molecule has 2 amide bonds. The van der Waals surface area contributed by atoms with Crippen molar-refractivity contribution in [2.75, 3.05) is 13.2 Å². The Kier molecular flexibility index (Phi) is 5.31. The molecule has 0 radical (unpaired) electrons. The van der Waals surface area contributed by atoms with Crippen LogP contribution in [0, 0.1) is 23.2 Å². The lowest BCUT2D eigenvalue weighted by Crippen LogP contribution is -2.53. The van der Waals surface area contributed by atoms with Gasteiger partial charge in [-0.15, -0.1) is 0 Å². The molecule has 6 rings (SSSR count). The van der Waals surface area contributed by atoms with Crippen molar-refractivity contribution in [3.63, 3.8) is 0 Å². The molecule has 3 fully saturated rings. The number of nitrogens with one attached hydrogen (secondary N) is 2. The molecule has 35 heavy (non-hydrogen) atoms. The third kappa shape index (κ3) is 3.87. The Balaban J connectivity index is 1.01. The molecule has 1 unspecified atom stereocenters. The number of carbonyl (C=O) groups excluding carboxylic acids is 2. The van der Waals surface area contributed by atoms with E-state index in [1.54, 1.807) is 0 Å². The third-order valence-electron chi connectivity index (χ3n) is 8.74. The molecule has 4 aliphatic carbocycles. The van der Waals surface area contributed by atoms with Crippen molar-refractivity contribution in [3.8, 4) is 11.1 Å². The number of carboxylic acid groups (broad SMARTS) is 1. The minimum atomic E-state index is -0.726. The van der Waals surface area contributed by atoms with Crippen molar-refractivity contribution in [1.29, 1.82) is 0 Å². The highest BCUT2D eigenvalue weighted by atomic mass is 16.5. The van der Waals surface area contributed by atoms with Gasteiger partial charge in [0.1, 0.15) is 6.61 Å². The average molecular weight is 475 g/mol. The van der Waals surface area contributed by atoms with Crippen LogP contribution in [0.2, 0.25) is 0 Å². The largest absolute Gasteiger partial charge is 0.481 e. The molecule has 4 atom stereocenters. The summed E-state index contributed by atoms with van der Waals surface area (Å²) < 4.78 is 5.61. The normalized spacial score (nSPS) is 27.1. The topological polar surface area (TPSA) is 105 Å². The fraction of sp³-hybridized carbons (Fsp3) is 0.464. The van der Waals surface area contributed by atoms with E-state index in [9.17, 15) is 19.5 Å². The molecule has 3 saturated carbocycles. The van der Waals surface area contributed by atoms with E-state index in [-0.39, 0.29) is 42.9 Å². The highest BCUT2D eigenvalue weighted by Gasteiger charge is 2.54. The maximum Gasteiger partial charge on any atom is 0.407 e. The molecule has 0 bridgehead atoms. The van der Waals surface area contributed by atoms with Gasteiger partial charge in [0.25, 0.3) is 0 Å². The maximum atomic E-state index is 13.0. The zero-order valence-electron chi connectivity index (χ0n) is 19.5. The minimum Gasteiger partial charge on any atom is -0.481 e. The molecular weight excluding hydrogens is 444 g/mol. The molecule has 182 valence electrons. The predicted molar refractivity (Wildman–Crippen MR) is 129 cm³/mol. The van der Waals surface area contributed by atoms with Gasteiger partial charge in [-0.25, -0.2) is 4.79 Å². The molecule has 0 saturated heterocycles. The number of carboxylic acids is 1. The molecule has 7 heteroatoms. The fourth-order valence-corrected chi connectivity index (χ4v) is 6.44. The van der Waals surface area contributed by atoms with E-state index < -0.39 is 17.5 Å². The molecular formula is C28H30N2O5. The SMILES string of the molecule is O=C(NCC1(C(=O)N[C@H]2C[C@H]3CC(C(=O)O)C[C@H]32)CC1)OCC1c2ccccc2-c2ccccc21. The van der Waals surface area contributed by atoms with Gasteiger partial charge in [0.05, 0.1) is 11.3 Å². The number of aliphatic carboxylic acids is 1. The van der Waals surface area contributed by atoms with Gasteiger partial charge in [-0.1, -0.05) is 48.5 Å². The molecule has 4 aliphatic rings. The minimum absolute atomic E-state index is 0.000985. The number of benzene rings is 2. The number of alkyl carbamates (subject to hydrolysis) is 1. The van der Waals surface area contributed by atoms with E-state index in [0.717, 1.165) is 36.8 Å². The quantitative estimate of drug-likeness (QED) is 0.564. The van der Waals surface area contributed by atoms with Gasteiger partial charge in [0, 0.05) is 18.5 Å². The van der Waals surface area contributed by atoms with Gasteiger partial charge >= 0.3 is 12.1 Å². The molecule has 3 N–H and O–H groups in total. The maximum absolute atomic E-state index is 13.0. The van der Waals surface area contributed by atoms with E-state index in [0.29, 0.717) is 12.3 Å². The Morgan fingerprint density at radius 3 is 2.23 bits per heavy atom. The first-order valence-electron chi connectivity index (χ1n) is 12.6. The van der Waals surface area contributed by atoms with Crippen LogP contribution in [0.15, 0.2) is 48.5 Å². The Labute approximate surface area is 204 Å². The summed E-state index contributed by atoms with van der Waals surface area (Å²) in [6, 6.07) is 16.5. The summed E-state index contributed by atoms with van der Waals surface area (Å²) in [4.78, 5) is 36.8. The lowest BCUT2D eigenvalue weighted by molar-refractivity contribution is -0.141. The molecule has 2 aromatic rings. The van der Waals surface area contributed by atoms with E-state index in [1.165, 1.54) is 11.1 Å². The Hall–Kier alpha value is -3.35. The van der Waals surface area contributed by atoms with Crippen LogP contribution in [0.4, 0.5) is 4.79 Å². The number of hydrogen-bond donors (Lipinski definition) is 3. The highest BCUT2D eigenvalue weighted by molar-refractivity contribution is 5.86. The summed E-state index contributed by atoms with van der Waals surface area (Å²) in [6.07, 6.45) is 3.20. The van der Waals surface area contributed by atoms with E-state index in [4.69, 9.17) is 4.74 Å². The summed E-state index contributed by atoms with van der Waals surface area (Å²) in [5.74, 6) is -0.355. The molecule has 2 aromatic carbocycles. The van der Waals surface area contributed by atoms with Crippen LogP contribution < -0.4 is 10.6 Å². The number of amides is 2. The monoisotopic (exact) mass is 474 g/mol. The van der Waals surface area contributed by atoms with Crippen LogP contribution in [0.3, 0.4) is 0 Å². The van der Waals surface area contributed by atoms with Gasteiger partial charge < -0.3 is 20.5 Å². The summed E-state index contributed by atoms with van der Waals surface area (Å²) in [7, 11) is 0. The van der Waals surface area contributed by atoms with E-state index >= 15 is 0 Å². The highest BCUT2D eigenvalue weighted by Crippen LogP contribution is 2.51. The molecule has 0 aliphatic heterocycles. The van der Waals surface area contributed by atoms with Crippen LogP contribution in [0.1, 0.15) is 49.1 Å². The van der Waals surface area contributed by atoms with Gasteiger partial charge in [0.15, 0.2) is 0 Å². The van der Waals surface area contributed by atoms with E-state index in [1.807, 2.05) is 24.3 Å². The van der Waals surface area contributed by atoms with Crippen molar-refractivity contribution in [1.82, 2.24) is 10.6 Å². The van der Waals surface area contributed by atoms with Crippen molar-refractivity contribution < 1.29 is 24.2 Å². The molecule has 0 heterocycles. The van der Waals surface area contributed by atoms with Crippen LogP contribution in [-0.4, -0.2) is 42.3 Å². The van der Waals surface area contributed by atoms with Crippen LogP contribution >= 0.6 is 0 Å². The van der Waals surface area contributed by atoms with Crippen LogP contribution in [0.5, 0.6) is 0 Å². The predicted octanol–water partition coefficient (Wildman–Crippen LogP) is 3.92. The first-order valence-corrected chi connectivity index (χ1v) is 12.6. The lowest BCUT2D eigenvalue weighted by Gasteiger charge is -2.41. The first kappa shape index (κ1) is 22.1. The number of rotatable bonds is 7. The van der Waals surface area contributed by atoms with E-state index in [2.05, 4.69) is 34.9 Å². The van der Waals surface area contributed by atoms with Crippen LogP contribution in [0.25, 0.3) is 11.1 Å². The summed E-state index contributed by atoms with van der Waals surface area (Å²) in [6.45, 7) is 0.503. The zero-order valence-corrected chi connectivity index (χ0v) is 19.5. The Morgan fingerprint density at radius 1 is 0.943 bits per heavy atom. The number of hydrogen-bond acceptors (Lipinski definition) is 4. The number of fused-ring (bicyclic) bond motifs is 4. The van der Waals surface area contributed by atoms with Crippen molar-refractivity contribution >= 4 is 18.0 Å². The molecule has 0 spiro atoms. The number of ether oxygens (including phenoxy) is 1.